The second kappa shape index (κ2) is 8.43. The smallest absolute Gasteiger partial charge is 0.353 e. The van der Waals surface area contributed by atoms with Crippen LogP contribution in [0.1, 0.15) is 18.1 Å². The lowest BCUT2D eigenvalue weighted by Gasteiger charge is -2.22. The lowest BCUT2D eigenvalue weighted by atomic mass is 10.2. The van der Waals surface area contributed by atoms with Crippen LogP contribution in [0, 0.1) is 22.9 Å². The molecule has 0 saturated heterocycles. The molecule has 0 fully saturated rings. The van der Waals surface area contributed by atoms with Crippen LogP contribution in [-0.2, 0) is 6.54 Å². The molecule has 7 nitrogen and oxygen atoms in total. The van der Waals surface area contributed by atoms with Crippen molar-refractivity contribution in [2.24, 2.45) is 0 Å². The molecule has 144 valence electrons. The van der Waals surface area contributed by atoms with Gasteiger partial charge in [-0.3, -0.25) is 10.1 Å². The Balaban J connectivity index is 1.96. The number of halogens is 1. The zero-order valence-electron chi connectivity index (χ0n) is 15.6. The van der Waals surface area contributed by atoms with Gasteiger partial charge in [0.2, 0.25) is 11.6 Å². The first-order chi connectivity index (χ1) is 13.5. The van der Waals surface area contributed by atoms with Gasteiger partial charge in [-0.2, -0.15) is 0 Å². The summed E-state index contributed by atoms with van der Waals surface area (Å²) in [5, 5.41) is 14.8. The van der Waals surface area contributed by atoms with Crippen LogP contribution in [0.4, 0.5) is 27.4 Å². The minimum atomic E-state index is -0.485. The number of rotatable bonds is 7. The summed E-state index contributed by atoms with van der Waals surface area (Å²) in [4.78, 5) is 21.4. The first-order valence-corrected chi connectivity index (χ1v) is 8.81. The first-order valence-electron chi connectivity index (χ1n) is 8.81. The number of aromatic nitrogens is 2. The second-order valence-electron chi connectivity index (χ2n) is 6.21. The quantitative estimate of drug-likeness (QED) is 0.475. The van der Waals surface area contributed by atoms with Crippen LogP contribution in [0.2, 0.25) is 0 Å². The van der Waals surface area contributed by atoms with Crippen LogP contribution in [0.25, 0.3) is 0 Å². The molecule has 28 heavy (non-hydrogen) atoms. The number of anilines is 3. The third-order valence-electron chi connectivity index (χ3n) is 4.24. The highest BCUT2D eigenvalue weighted by Crippen LogP contribution is 2.36. The van der Waals surface area contributed by atoms with Gasteiger partial charge in [0.05, 0.1) is 4.92 Å². The fraction of sp³-hybridized carbons (Fsp3) is 0.200. The topological polar surface area (TPSA) is 84.2 Å². The van der Waals surface area contributed by atoms with Gasteiger partial charge in [0.1, 0.15) is 12.1 Å². The van der Waals surface area contributed by atoms with E-state index in [2.05, 4.69) is 15.3 Å². The molecule has 0 aliphatic rings. The second-order valence-corrected chi connectivity index (χ2v) is 6.21. The average molecular weight is 381 g/mol. The highest BCUT2D eigenvalue weighted by Gasteiger charge is 2.27. The zero-order chi connectivity index (χ0) is 20.1. The molecule has 0 aliphatic carbocycles. The van der Waals surface area contributed by atoms with Gasteiger partial charge in [-0.25, -0.2) is 14.4 Å². The van der Waals surface area contributed by atoms with E-state index in [1.807, 2.05) is 38.1 Å². The number of nitro groups is 1. The molecule has 3 rings (SSSR count). The highest BCUT2D eigenvalue weighted by molar-refractivity contribution is 5.75. The van der Waals surface area contributed by atoms with Crippen molar-refractivity contribution in [2.75, 3.05) is 16.8 Å². The summed E-state index contributed by atoms with van der Waals surface area (Å²) in [5.74, 6) is -0.00377. The molecule has 8 heteroatoms. The molecule has 3 aromatic rings. The van der Waals surface area contributed by atoms with E-state index in [0.29, 0.717) is 6.54 Å². The lowest BCUT2D eigenvalue weighted by molar-refractivity contribution is -0.383. The predicted molar refractivity (Wildman–Crippen MR) is 106 cm³/mol. The Labute approximate surface area is 162 Å². The van der Waals surface area contributed by atoms with E-state index >= 15 is 0 Å². The van der Waals surface area contributed by atoms with Crippen molar-refractivity contribution in [1.82, 2.24) is 9.97 Å². The Bertz CT molecular complexity index is 979. The van der Waals surface area contributed by atoms with E-state index in [0.717, 1.165) is 16.8 Å². The predicted octanol–water partition coefficient (Wildman–Crippen LogP) is 4.60. The van der Waals surface area contributed by atoms with Gasteiger partial charge in [-0.15, -0.1) is 0 Å². The molecule has 0 bridgehead atoms. The Hall–Kier alpha value is -3.55. The van der Waals surface area contributed by atoms with Crippen molar-refractivity contribution >= 4 is 23.0 Å². The highest BCUT2D eigenvalue weighted by atomic mass is 19.1. The van der Waals surface area contributed by atoms with E-state index in [4.69, 9.17) is 0 Å². The Morgan fingerprint density at radius 3 is 2.57 bits per heavy atom. The molecule has 0 saturated carbocycles. The monoisotopic (exact) mass is 381 g/mol. The maximum absolute atomic E-state index is 13.1. The molecule has 1 aromatic heterocycles. The number of hydrogen-bond donors (Lipinski definition) is 1. The van der Waals surface area contributed by atoms with E-state index in [9.17, 15) is 14.5 Å². The summed E-state index contributed by atoms with van der Waals surface area (Å²) >= 11 is 0. The summed E-state index contributed by atoms with van der Waals surface area (Å²) in [6.07, 6.45) is 1.30. The van der Waals surface area contributed by atoms with Gasteiger partial charge in [-0.1, -0.05) is 24.3 Å². The molecule has 1 N–H and O–H groups in total. The Morgan fingerprint density at radius 2 is 1.93 bits per heavy atom. The minimum absolute atomic E-state index is 0.116. The number of aryl methyl sites for hydroxylation is 1. The molecular weight excluding hydrogens is 361 g/mol. The van der Waals surface area contributed by atoms with Crippen molar-refractivity contribution < 1.29 is 9.31 Å². The maximum Gasteiger partial charge on any atom is 0.353 e. The minimum Gasteiger partial charge on any atom is -0.360 e. The van der Waals surface area contributed by atoms with Crippen molar-refractivity contribution in [3.05, 3.63) is 81.9 Å². The average Bonchev–Trinajstić information content (AvgIpc) is 2.68. The molecule has 0 radical (unpaired) electrons. The summed E-state index contributed by atoms with van der Waals surface area (Å²) in [7, 11) is 0. The zero-order valence-corrected chi connectivity index (χ0v) is 15.6. The van der Waals surface area contributed by atoms with E-state index in [1.165, 1.54) is 18.5 Å². The van der Waals surface area contributed by atoms with Crippen LogP contribution in [0.3, 0.4) is 0 Å². The molecule has 2 aromatic carbocycles. The number of hydrogen-bond acceptors (Lipinski definition) is 6. The Kier molecular flexibility index (Phi) is 5.78. The van der Waals surface area contributed by atoms with Crippen LogP contribution >= 0.6 is 0 Å². The van der Waals surface area contributed by atoms with E-state index in [-0.39, 0.29) is 29.7 Å². The van der Waals surface area contributed by atoms with Gasteiger partial charge in [0, 0.05) is 18.8 Å². The molecule has 0 spiro atoms. The molecule has 1 heterocycles. The number of benzene rings is 2. The molecule has 0 unspecified atom stereocenters. The molecular formula is C20H20FN5O2. The number of nitrogens with zero attached hydrogens (tertiary/aromatic N) is 4. The standard InChI is InChI=1S/C20H20FN5O2/c1-3-25(17-6-4-5-14(2)11-17)20-18(26(27)28)19(23-13-24-20)22-12-15-7-9-16(21)10-8-15/h4-11,13H,3,12H2,1-2H3,(H,22,23,24). The van der Waals surface area contributed by atoms with Crippen LogP contribution in [-0.4, -0.2) is 21.4 Å². The fourth-order valence-corrected chi connectivity index (χ4v) is 2.90. The van der Waals surface area contributed by atoms with Gasteiger partial charge in [0.15, 0.2) is 0 Å². The first kappa shape index (κ1) is 19.2. The maximum atomic E-state index is 13.1. The normalized spacial score (nSPS) is 10.5. The SMILES string of the molecule is CCN(c1cccc(C)c1)c1ncnc(NCc2ccc(F)cc2)c1[N+](=O)[O-]. The van der Waals surface area contributed by atoms with Gasteiger partial charge < -0.3 is 10.2 Å². The Morgan fingerprint density at radius 1 is 1.18 bits per heavy atom. The third kappa shape index (κ3) is 4.22. The van der Waals surface area contributed by atoms with Crippen LogP contribution in [0.5, 0.6) is 0 Å². The van der Waals surface area contributed by atoms with Gasteiger partial charge in [-0.05, 0) is 49.2 Å². The van der Waals surface area contributed by atoms with Crippen LogP contribution < -0.4 is 10.2 Å². The van der Waals surface area contributed by atoms with Crippen molar-refractivity contribution in [2.45, 2.75) is 20.4 Å². The number of nitrogens with one attached hydrogen (secondary N) is 1. The fourth-order valence-electron chi connectivity index (χ4n) is 2.90. The van der Waals surface area contributed by atoms with E-state index in [1.54, 1.807) is 17.0 Å². The van der Waals surface area contributed by atoms with Crippen molar-refractivity contribution in [1.29, 1.82) is 0 Å². The molecule has 0 atom stereocenters. The summed E-state index contributed by atoms with van der Waals surface area (Å²) in [5.41, 5.74) is 2.44. The van der Waals surface area contributed by atoms with E-state index < -0.39 is 4.92 Å². The lowest BCUT2D eigenvalue weighted by Crippen LogP contribution is -2.20. The van der Waals surface area contributed by atoms with Gasteiger partial charge in [0.25, 0.3) is 0 Å². The third-order valence-corrected chi connectivity index (χ3v) is 4.24. The molecule has 0 amide bonds. The van der Waals surface area contributed by atoms with Gasteiger partial charge >= 0.3 is 5.69 Å². The summed E-state index contributed by atoms with van der Waals surface area (Å²) in [6.45, 7) is 4.63. The summed E-state index contributed by atoms with van der Waals surface area (Å²) < 4.78 is 13.1. The van der Waals surface area contributed by atoms with Crippen molar-refractivity contribution in [3.8, 4) is 0 Å². The largest absolute Gasteiger partial charge is 0.360 e. The summed E-state index contributed by atoms with van der Waals surface area (Å²) in [6, 6.07) is 13.6. The van der Waals surface area contributed by atoms with Crippen molar-refractivity contribution in [3.63, 3.8) is 0 Å². The molecule has 0 aliphatic heterocycles. The van der Waals surface area contributed by atoms with Crippen LogP contribution in [0.15, 0.2) is 54.9 Å².